The van der Waals surface area contributed by atoms with E-state index < -0.39 is 12.1 Å². The fourth-order valence-corrected chi connectivity index (χ4v) is 1.49. The molecule has 0 aliphatic heterocycles. The second kappa shape index (κ2) is 4.07. The highest BCUT2D eigenvalue weighted by Crippen LogP contribution is 2.51. The molecule has 1 aliphatic carbocycles. The smallest absolute Gasteiger partial charge is 0.335 e. The molecule has 0 bridgehead atoms. The maximum absolute atomic E-state index is 11.0. The summed E-state index contributed by atoms with van der Waals surface area (Å²) in [5, 5.41) is 9.60. The van der Waals surface area contributed by atoms with Crippen LogP contribution in [0.3, 0.4) is 0 Å². The van der Waals surface area contributed by atoms with E-state index in [9.17, 15) is 9.90 Å². The first kappa shape index (κ1) is 10.5. The summed E-state index contributed by atoms with van der Waals surface area (Å²) >= 11 is 0. The Morgan fingerprint density at radius 1 is 1.54 bits per heavy atom. The Labute approximate surface area is 77.8 Å². The average Bonchev–Trinajstić information content (AvgIpc) is 2.93. The zero-order valence-corrected chi connectivity index (χ0v) is 8.08. The van der Waals surface area contributed by atoms with E-state index >= 15 is 0 Å². The zero-order chi connectivity index (χ0) is 9.90. The standard InChI is InChI=1S/C9H16O4/c1-12-6-5-9(3-4-9)7(10)8(11)13-2/h7,10H,3-6H2,1-2H3. The van der Waals surface area contributed by atoms with Crippen LogP contribution in [0.15, 0.2) is 0 Å². The van der Waals surface area contributed by atoms with Gasteiger partial charge in [-0.2, -0.15) is 0 Å². The maximum Gasteiger partial charge on any atom is 0.335 e. The number of carbonyl (C=O) groups excluding carboxylic acids is 1. The molecule has 1 atom stereocenters. The van der Waals surface area contributed by atoms with Gasteiger partial charge in [-0.05, 0) is 19.3 Å². The summed E-state index contributed by atoms with van der Waals surface area (Å²) in [6.07, 6.45) is 1.51. The molecule has 0 heterocycles. The van der Waals surface area contributed by atoms with Crippen molar-refractivity contribution in [2.75, 3.05) is 20.8 Å². The number of aliphatic hydroxyl groups excluding tert-OH is 1. The summed E-state index contributed by atoms with van der Waals surface area (Å²) < 4.78 is 9.41. The largest absolute Gasteiger partial charge is 0.467 e. The summed E-state index contributed by atoms with van der Waals surface area (Å²) in [6.45, 7) is 0.577. The second-order valence-electron chi connectivity index (χ2n) is 3.53. The Bertz CT molecular complexity index is 186. The van der Waals surface area contributed by atoms with Crippen LogP contribution in [0, 0.1) is 5.41 Å². The minimum Gasteiger partial charge on any atom is -0.467 e. The molecule has 0 spiro atoms. The van der Waals surface area contributed by atoms with Crippen molar-refractivity contribution in [2.45, 2.75) is 25.4 Å². The van der Waals surface area contributed by atoms with Crippen molar-refractivity contribution in [3.8, 4) is 0 Å². The molecular weight excluding hydrogens is 172 g/mol. The minimum atomic E-state index is -0.979. The molecule has 1 unspecified atom stereocenters. The average molecular weight is 188 g/mol. The van der Waals surface area contributed by atoms with Gasteiger partial charge < -0.3 is 14.6 Å². The van der Waals surface area contributed by atoms with E-state index in [4.69, 9.17) is 4.74 Å². The van der Waals surface area contributed by atoms with Crippen LogP contribution in [-0.4, -0.2) is 38.0 Å². The lowest BCUT2D eigenvalue weighted by molar-refractivity contribution is -0.154. The third kappa shape index (κ3) is 2.19. The number of esters is 1. The summed E-state index contributed by atoms with van der Waals surface area (Å²) in [5.41, 5.74) is -0.261. The highest BCUT2D eigenvalue weighted by molar-refractivity contribution is 5.75. The van der Waals surface area contributed by atoms with E-state index in [0.717, 1.165) is 19.3 Å². The SMILES string of the molecule is COCCC1(C(O)C(=O)OC)CC1. The topological polar surface area (TPSA) is 55.8 Å². The quantitative estimate of drug-likeness (QED) is 0.632. The van der Waals surface area contributed by atoms with E-state index in [1.54, 1.807) is 7.11 Å². The first-order valence-electron chi connectivity index (χ1n) is 4.41. The number of hydrogen-bond donors (Lipinski definition) is 1. The lowest BCUT2D eigenvalue weighted by Crippen LogP contribution is -2.32. The molecule has 0 aromatic heterocycles. The van der Waals surface area contributed by atoms with Crippen molar-refractivity contribution in [3.05, 3.63) is 0 Å². The number of carbonyl (C=O) groups is 1. The van der Waals surface area contributed by atoms with E-state index in [-0.39, 0.29) is 5.41 Å². The number of rotatable bonds is 5. The van der Waals surface area contributed by atoms with Gasteiger partial charge >= 0.3 is 5.97 Å². The number of hydrogen-bond acceptors (Lipinski definition) is 4. The highest BCUT2D eigenvalue weighted by Gasteiger charge is 2.51. The molecule has 4 heteroatoms. The minimum absolute atomic E-state index is 0.261. The van der Waals surface area contributed by atoms with Gasteiger partial charge in [0.2, 0.25) is 0 Å². The van der Waals surface area contributed by atoms with Gasteiger partial charge in [-0.15, -0.1) is 0 Å². The normalized spacial score (nSPS) is 20.8. The molecular formula is C9H16O4. The van der Waals surface area contributed by atoms with Crippen molar-refractivity contribution in [2.24, 2.45) is 5.41 Å². The van der Waals surface area contributed by atoms with E-state index in [1.165, 1.54) is 7.11 Å². The fourth-order valence-electron chi connectivity index (χ4n) is 1.49. The molecule has 1 aliphatic rings. The van der Waals surface area contributed by atoms with Crippen LogP contribution in [0.4, 0.5) is 0 Å². The Morgan fingerprint density at radius 2 is 2.15 bits per heavy atom. The number of aliphatic hydroxyl groups is 1. The summed E-state index contributed by atoms with van der Waals surface area (Å²) in [7, 11) is 2.90. The van der Waals surface area contributed by atoms with Gasteiger partial charge in [0, 0.05) is 19.1 Å². The van der Waals surface area contributed by atoms with Gasteiger partial charge in [0.1, 0.15) is 0 Å². The van der Waals surface area contributed by atoms with Crippen LogP contribution < -0.4 is 0 Å². The molecule has 1 rings (SSSR count). The lowest BCUT2D eigenvalue weighted by atomic mass is 9.95. The van der Waals surface area contributed by atoms with Crippen LogP contribution >= 0.6 is 0 Å². The molecule has 1 saturated carbocycles. The van der Waals surface area contributed by atoms with Crippen molar-refractivity contribution < 1.29 is 19.4 Å². The van der Waals surface area contributed by atoms with Crippen LogP contribution in [0.1, 0.15) is 19.3 Å². The molecule has 13 heavy (non-hydrogen) atoms. The second-order valence-corrected chi connectivity index (χ2v) is 3.53. The first-order chi connectivity index (χ1) is 6.16. The van der Waals surface area contributed by atoms with Gasteiger partial charge in [-0.3, -0.25) is 0 Å². The predicted octanol–water partition coefficient (Wildman–Crippen LogP) is 0.337. The third-order valence-electron chi connectivity index (χ3n) is 2.70. The zero-order valence-electron chi connectivity index (χ0n) is 8.08. The Balaban J connectivity index is 2.44. The van der Waals surface area contributed by atoms with Crippen LogP contribution in [0.25, 0.3) is 0 Å². The van der Waals surface area contributed by atoms with Gasteiger partial charge in [-0.25, -0.2) is 4.79 Å². The summed E-state index contributed by atoms with van der Waals surface area (Å²) in [4.78, 5) is 11.0. The highest BCUT2D eigenvalue weighted by atomic mass is 16.5. The lowest BCUT2D eigenvalue weighted by Gasteiger charge is -2.19. The molecule has 0 radical (unpaired) electrons. The molecule has 0 aromatic rings. The van der Waals surface area contributed by atoms with Crippen LogP contribution in [0.5, 0.6) is 0 Å². The monoisotopic (exact) mass is 188 g/mol. The molecule has 0 aromatic carbocycles. The number of ether oxygens (including phenoxy) is 2. The van der Waals surface area contributed by atoms with Crippen molar-refractivity contribution in [1.29, 1.82) is 0 Å². The molecule has 0 saturated heterocycles. The third-order valence-corrected chi connectivity index (χ3v) is 2.70. The first-order valence-corrected chi connectivity index (χ1v) is 4.41. The van der Waals surface area contributed by atoms with Crippen molar-refractivity contribution >= 4 is 5.97 Å². The maximum atomic E-state index is 11.0. The van der Waals surface area contributed by atoms with Crippen LogP contribution in [0.2, 0.25) is 0 Å². The Hall–Kier alpha value is -0.610. The predicted molar refractivity (Wildman–Crippen MR) is 46.2 cm³/mol. The Kier molecular flexibility index (Phi) is 3.27. The van der Waals surface area contributed by atoms with Crippen molar-refractivity contribution in [3.63, 3.8) is 0 Å². The number of methoxy groups -OCH3 is 2. The van der Waals surface area contributed by atoms with Gasteiger partial charge in [0.15, 0.2) is 6.10 Å². The molecule has 1 N–H and O–H groups in total. The summed E-state index contributed by atoms with van der Waals surface area (Å²) in [5.74, 6) is -0.534. The van der Waals surface area contributed by atoms with Crippen molar-refractivity contribution in [1.82, 2.24) is 0 Å². The van der Waals surface area contributed by atoms with E-state index in [2.05, 4.69) is 4.74 Å². The Morgan fingerprint density at radius 3 is 2.54 bits per heavy atom. The molecule has 4 nitrogen and oxygen atoms in total. The van der Waals surface area contributed by atoms with E-state index in [1.807, 2.05) is 0 Å². The molecule has 76 valence electrons. The van der Waals surface area contributed by atoms with Gasteiger partial charge in [0.25, 0.3) is 0 Å². The fraction of sp³-hybridized carbons (Fsp3) is 0.889. The van der Waals surface area contributed by atoms with Crippen LogP contribution in [-0.2, 0) is 14.3 Å². The molecule has 0 amide bonds. The van der Waals surface area contributed by atoms with Gasteiger partial charge in [0.05, 0.1) is 7.11 Å². The summed E-state index contributed by atoms with van der Waals surface area (Å²) in [6, 6.07) is 0. The molecule has 1 fully saturated rings. The van der Waals surface area contributed by atoms with E-state index in [0.29, 0.717) is 6.61 Å². The van der Waals surface area contributed by atoms with Gasteiger partial charge in [-0.1, -0.05) is 0 Å².